The van der Waals surface area contributed by atoms with Crippen molar-refractivity contribution in [2.75, 3.05) is 11.9 Å². The molecule has 3 aromatic heterocycles. The van der Waals surface area contributed by atoms with E-state index in [0.717, 1.165) is 0 Å². The molecule has 0 saturated heterocycles. The minimum absolute atomic E-state index is 0.0980. The molecule has 0 radical (unpaired) electrons. The number of amides is 2. The maximum atomic E-state index is 13.3. The molecule has 0 atom stereocenters. The Labute approximate surface area is 216 Å². The molecule has 3 heterocycles. The molecule has 0 saturated carbocycles. The lowest BCUT2D eigenvalue weighted by Crippen LogP contribution is -2.31. The Morgan fingerprint density at radius 2 is 1.72 bits per heavy atom. The van der Waals surface area contributed by atoms with Crippen LogP contribution < -0.4 is 10.6 Å². The molecule has 0 bridgehead atoms. The Hall–Kier alpha value is -4.08. The molecule has 0 aliphatic rings. The lowest BCUT2D eigenvalue weighted by molar-refractivity contribution is 0.0902. The SMILES string of the molecule is Cc1cc(C(=O)Nc2c(C)cc(Cl)cc2C(=O)NCC(=O)c2ccccn2)n(-c2ncccc2Cl)n1. The first-order chi connectivity index (χ1) is 17.2. The molecule has 0 fully saturated rings. The first-order valence-electron chi connectivity index (χ1n) is 10.8. The summed E-state index contributed by atoms with van der Waals surface area (Å²) in [6.07, 6.45) is 3.03. The molecular formula is C25H20Cl2N6O3. The van der Waals surface area contributed by atoms with Crippen LogP contribution in [0.3, 0.4) is 0 Å². The van der Waals surface area contributed by atoms with Crippen molar-refractivity contribution in [3.05, 3.63) is 99.2 Å². The predicted octanol–water partition coefficient (Wildman–Crippen LogP) is 4.45. The average molecular weight is 523 g/mol. The van der Waals surface area contributed by atoms with Crippen LogP contribution in [-0.2, 0) is 0 Å². The largest absolute Gasteiger partial charge is 0.344 e. The van der Waals surface area contributed by atoms with Crippen LogP contribution in [0.25, 0.3) is 5.82 Å². The van der Waals surface area contributed by atoms with E-state index in [-0.39, 0.29) is 40.8 Å². The van der Waals surface area contributed by atoms with Crippen molar-refractivity contribution in [2.24, 2.45) is 0 Å². The number of Topliss-reactive ketones (excluding diaryl/α,β-unsaturated/α-hetero) is 1. The van der Waals surface area contributed by atoms with Gasteiger partial charge in [-0.05, 0) is 61.9 Å². The Bertz CT molecular complexity index is 1470. The summed E-state index contributed by atoms with van der Waals surface area (Å²) in [6, 6.07) is 12.9. The Kier molecular flexibility index (Phi) is 7.42. The molecule has 0 aliphatic carbocycles. The van der Waals surface area contributed by atoms with Crippen molar-refractivity contribution in [2.45, 2.75) is 13.8 Å². The van der Waals surface area contributed by atoms with Crippen LogP contribution in [0, 0.1) is 13.8 Å². The van der Waals surface area contributed by atoms with Gasteiger partial charge in [0.25, 0.3) is 11.8 Å². The highest BCUT2D eigenvalue weighted by Crippen LogP contribution is 2.27. The molecular weight excluding hydrogens is 503 g/mol. The zero-order valence-corrected chi connectivity index (χ0v) is 20.8. The smallest absolute Gasteiger partial charge is 0.274 e. The minimum Gasteiger partial charge on any atom is -0.344 e. The van der Waals surface area contributed by atoms with Gasteiger partial charge in [0, 0.05) is 17.4 Å². The summed E-state index contributed by atoms with van der Waals surface area (Å²) in [5.41, 5.74) is 1.85. The number of ketones is 1. The van der Waals surface area contributed by atoms with Crippen molar-refractivity contribution in [1.29, 1.82) is 0 Å². The second kappa shape index (κ2) is 10.7. The van der Waals surface area contributed by atoms with Crippen molar-refractivity contribution in [3.8, 4) is 5.82 Å². The van der Waals surface area contributed by atoms with Crippen molar-refractivity contribution >= 4 is 46.5 Å². The van der Waals surface area contributed by atoms with Gasteiger partial charge in [-0.25, -0.2) is 9.67 Å². The number of benzene rings is 1. The fraction of sp³-hybridized carbons (Fsp3) is 0.120. The summed E-state index contributed by atoms with van der Waals surface area (Å²) in [5, 5.41) is 10.3. The average Bonchev–Trinajstić information content (AvgIpc) is 3.26. The fourth-order valence-electron chi connectivity index (χ4n) is 3.50. The van der Waals surface area contributed by atoms with Crippen molar-refractivity contribution in [1.82, 2.24) is 25.1 Å². The van der Waals surface area contributed by atoms with E-state index in [1.807, 2.05) is 0 Å². The maximum Gasteiger partial charge on any atom is 0.274 e. The summed E-state index contributed by atoms with van der Waals surface area (Å²) < 4.78 is 1.34. The summed E-state index contributed by atoms with van der Waals surface area (Å²) >= 11 is 12.5. The lowest BCUT2D eigenvalue weighted by atomic mass is 10.1. The first kappa shape index (κ1) is 25.0. The van der Waals surface area contributed by atoms with E-state index in [9.17, 15) is 14.4 Å². The first-order valence-corrected chi connectivity index (χ1v) is 11.5. The maximum absolute atomic E-state index is 13.3. The van der Waals surface area contributed by atoms with Gasteiger partial charge in [-0.1, -0.05) is 29.3 Å². The number of carbonyl (C=O) groups is 3. The van der Waals surface area contributed by atoms with E-state index < -0.39 is 11.8 Å². The van der Waals surface area contributed by atoms with Gasteiger partial charge in [-0.2, -0.15) is 5.10 Å². The van der Waals surface area contributed by atoms with Gasteiger partial charge in [0.1, 0.15) is 11.4 Å². The Morgan fingerprint density at radius 3 is 2.44 bits per heavy atom. The zero-order valence-electron chi connectivity index (χ0n) is 19.3. The van der Waals surface area contributed by atoms with Gasteiger partial charge >= 0.3 is 0 Å². The third kappa shape index (κ3) is 5.42. The molecule has 182 valence electrons. The number of hydrogen-bond donors (Lipinski definition) is 2. The highest BCUT2D eigenvalue weighted by Gasteiger charge is 2.22. The molecule has 0 aliphatic heterocycles. The van der Waals surface area contributed by atoms with E-state index in [2.05, 4.69) is 25.7 Å². The quantitative estimate of drug-likeness (QED) is 0.346. The highest BCUT2D eigenvalue weighted by atomic mass is 35.5. The molecule has 4 rings (SSSR count). The number of hydrogen-bond acceptors (Lipinski definition) is 6. The summed E-state index contributed by atoms with van der Waals surface area (Å²) in [5.74, 6) is -1.20. The Balaban J connectivity index is 1.61. The summed E-state index contributed by atoms with van der Waals surface area (Å²) in [6.45, 7) is 3.16. The van der Waals surface area contributed by atoms with Gasteiger partial charge in [0.15, 0.2) is 11.6 Å². The van der Waals surface area contributed by atoms with Gasteiger partial charge in [0.2, 0.25) is 0 Å². The van der Waals surface area contributed by atoms with Crippen molar-refractivity contribution < 1.29 is 14.4 Å². The number of carbonyl (C=O) groups excluding carboxylic acids is 3. The van der Waals surface area contributed by atoms with Crippen LogP contribution in [0.15, 0.2) is 60.9 Å². The number of aryl methyl sites for hydroxylation is 2. The van der Waals surface area contributed by atoms with E-state index in [1.165, 1.54) is 23.1 Å². The summed E-state index contributed by atoms with van der Waals surface area (Å²) in [4.78, 5) is 46.9. The zero-order chi connectivity index (χ0) is 25.8. The third-order valence-electron chi connectivity index (χ3n) is 5.15. The molecule has 36 heavy (non-hydrogen) atoms. The second-order valence-electron chi connectivity index (χ2n) is 7.81. The van der Waals surface area contributed by atoms with Crippen LogP contribution >= 0.6 is 23.2 Å². The molecule has 2 amide bonds. The van der Waals surface area contributed by atoms with Crippen LogP contribution in [0.5, 0.6) is 0 Å². The van der Waals surface area contributed by atoms with Crippen LogP contribution in [0.1, 0.15) is 42.6 Å². The molecule has 11 heteroatoms. The normalized spacial score (nSPS) is 10.7. The summed E-state index contributed by atoms with van der Waals surface area (Å²) in [7, 11) is 0. The standard InChI is InChI=1S/C25H20Cl2N6O3/c1-14-10-16(26)12-17(24(35)30-13-21(34)19-7-3-4-8-28-19)22(14)31-25(36)20-11-15(2)32-33(20)23-18(27)6-5-9-29-23/h3-12H,13H2,1-2H3,(H,30,35)(H,31,36). The third-order valence-corrected chi connectivity index (χ3v) is 5.66. The topological polar surface area (TPSA) is 119 Å². The molecule has 0 spiro atoms. The number of pyridine rings is 2. The monoisotopic (exact) mass is 522 g/mol. The number of nitrogens with one attached hydrogen (secondary N) is 2. The fourth-order valence-corrected chi connectivity index (χ4v) is 3.97. The molecule has 1 aromatic carbocycles. The second-order valence-corrected chi connectivity index (χ2v) is 8.66. The van der Waals surface area contributed by atoms with E-state index in [1.54, 1.807) is 56.3 Å². The number of aromatic nitrogens is 4. The number of halogens is 2. The number of anilines is 1. The highest BCUT2D eigenvalue weighted by molar-refractivity contribution is 6.32. The molecule has 4 aromatic rings. The minimum atomic E-state index is -0.586. The van der Waals surface area contributed by atoms with Crippen LogP contribution in [-0.4, -0.2) is 43.9 Å². The molecule has 9 nitrogen and oxygen atoms in total. The van der Waals surface area contributed by atoms with Crippen LogP contribution in [0.4, 0.5) is 5.69 Å². The van der Waals surface area contributed by atoms with Gasteiger partial charge < -0.3 is 10.6 Å². The van der Waals surface area contributed by atoms with E-state index in [0.29, 0.717) is 21.3 Å². The lowest BCUT2D eigenvalue weighted by Gasteiger charge is -2.15. The molecule has 2 N–H and O–H groups in total. The predicted molar refractivity (Wildman–Crippen MR) is 136 cm³/mol. The Morgan fingerprint density at radius 1 is 0.944 bits per heavy atom. The number of nitrogens with zero attached hydrogens (tertiary/aromatic N) is 4. The van der Waals surface area contributed by atoms with Gasteiger partial charge in [-0.15, -0.1) is 0 Å². The van der Waals surface area contributed by atoms with Gasteiger partial charge in [-0.3, -0.25) is 19.4 Å². The van der Waals surface area contributed by atoms with E-state index >= 15 is 0 Å². The number of rotatable bonds is 7. The van der Waals surface area contributed by atoms with Crippen molar-refractivity contribution in [3.63, 3.8) is 0 Å². The van der Waals surface area contributed by atoms with E-state index in [4.69, 9.17) is 23.2 Å². The van der Waals surface area contributed by atoms with Crippen LogP contribution in [0.2, 0.25) is 10.0 Å². The molecule has 0 unspecified atom stereocenters. The van der Waals surface area contributed by atoms with Gasteiger partial charge in [0.05, 0.1) is 28.5 Å².